The van der Waals surface area contributed by atoms with Gasteiger partial charge in [0.05, 0.1) is 23.0 Å². The summed E-state index contributed by atoms with van der Waals surface area (Å²) < 4.78 is 28.8. The number of hydrogen-bond donors (Lipinski definition) is 2. The number of β-lactam (4-membered cyclic amide) rings is 1. The van der Waals surface area contributed by atoms with Gasteiger partial charge in [-0.05, 0) is 33.4 Å². The first-order valence-corrected chi connectivity index (χ1v) is 11.1. The van der Waals surface area contributed by atoms with Gasteiger partial charge in [-0.15, -0.1) is 0 Å². The summed E-state index contributed by atoms with van der Waals surface area (Å²) in [5, 5.41) is 10.5. The van der Waals surface area contributed by atoms with Crippen molar-refractivity contribution < 1.29 is 18.4 Å². The standard InChI is InChI=1S/C21H28F2N8O2/c1-13-16(12-31(28-13)14-5-8-29(2)11-14)26-21-25-10-15(19(22)23)20(27-21)24-7-3-4-17(32)30-9-6-18(30)33/h10,12,14,19H,3-9,11H2,1-2H3,(H2,24,25,26,27). The molecule has 33 heavy (non-hydrogen) atoms. The maximum Gasteiger partial charge on any atom is 0.268 e. The third-order valence-electron chi connectivity index (χ3n) is 5.97. The van der Waals surface area contributed by atoms with Crippen LogP contribution in [0.25, 0.3) is 0 Å². The molecule has 0 saturated carbocycles. The second kappa shape index (κ2) is 9.77. The second-order valence-corrected chi connectivity index (χ2v) is 8.46. The number of anilines is 3. The van der Waals surface area contributed by atoms with Crippen molar-refractivity contribution in [3.05, 3.63) is 23.7 Å². The van der Waals surface area contributed by atoms with Gasteiger partial charge in [-0.1, -0.05) is 0 Å². The molecule has 2 amide bonds. The van der Waals surface area contributed by atoms with Crippen molar-refractivity contribution in [2.75, 3.05) is 43.9 Å². The van der Waals surface area contributed by atoms with Gasteiger partial charge in [0.2, 0.25) is 17.8 Å². The summed E-state index contributed by atoms with van der Waals surface area (Å²) in [4.78, 5) is 35.0. The molecule has 4 rings (SSSR count). The molecule has 12 heteroatoms. The van der Waals surface area contributed by atoms with Gasteiger partial charge in [0.15, 0.2) is 0 Å². The fourth-order valence-electron chi connectivity index (χ4n) is 3.95. The van der Waals surface area contributed by atoms with E-state index in [4.69, 9.17) is 0 Å². The molecule has 4 heterocycles. The van der Waals surface area contributed by atoms with Crippen molar-refractivity contribution in [1.29, 1.82) is 0 Å². The number of aromatic nitrogens is 4. The topological polar surface area (TPSA) is 108 Å². The van der Waals surface area contributed by atoms with Crippen molar-refractivity contribution in [2.24, 2.45) is 0 Å². The molecule has 2 aromatic heterocycles. The highest BCUT2D eigenvalue weighted by atomic mass is 19.3. The van der Waals surface area contributed by atoms with E-state index < -0.39 is 6.43 Å². The molecule has 0 spiro atoms. The van der Waals surface area contributed by atoms with Crippen molar-refractivity contribution in [2.45, 2.75) is 45.1 Å². The van der Waals surface area contributed by atoms with Gasteiger partial charge in [-0.3, -0.25) is 19.2 Å². The summed E-state index contributed by atoms with van der Waals surface area (Å²) in [6, 6.07) is 0.290. The molecule has 0 aromatic carbocycles. The average molecular weight is 463 g/mol. The Hall–Kier alpha value is -3.15. The minimum atomic E-state index is -2.74. The van der Waals surface area contributed by atoms with Crippen LogP contribution in [0.3, 0.4) is 0 Å². The molecular weight excluding hydrogens is 434 g/mol. The zero-order chi connectivity index (χ0) is 23.5. The lowest BCUT2D eigenvalue weighted by Crippen LogP contribution is -2.47. The first-order chi connectivity index (χ1) is 15.8. The van der Waals surface area contributed by atoms with E-state index in [2.05, 4.69) is 37.6 Å². The van der Waals surface area contributed by atoms with Crippen LogP contribution >= 0.6 is 0 Å². The van der Waals surface area contributed by atoms with E-state index in [0.717, 1.165) is 31.4 Å². The molecule has 2 N–H and O–H groups in total. The fourth-order valence-corrected chi connectivity index (χ4v) is 3.95. The van der Waals surface area contributed by atoms with Crippen molar-refractivity contribution in [3.63, 3.8) is 0 Å². The summed E-state index contributed by atoms with van der Waals surface area (Å²) in [7, 11) is 2.07. The van der Waals surface area contributed by atoms with Gasteiger partial charge in [0.25, 0.3) is 6.43 Å². The van der Waals surface area contributed by atoms with Crippen LogP contribution in [0, 0.1) is 6.92 Å². The van der Waals surface area contributed by atoms with E-state index in [9.17, 15) is 18.4 Å². The molecule has 1 atom stereocenters. The SMILES string of the molecule is Cc1nn(C2CCN(C)C2)cc1Nc1ncc(C(F)F)c(NCCCC(=O)N2CCC2=O)n1. The van der Waals surface area contributed by atoms with Gasteiger partial charge in [-0.25, -0.2) is 13.8 Å². The fraction of sp³-hybridized carbons (Fsp3) is 0.571. The van der Waals surface area contributed by atoms with Crippen LogP contribution in [-0.2, 0) is 9.59 Å². The Balaban J connectivity index is 1.39. The number of carbonyl (C=O) groups is 2. The number of nitrogens with zero attached hydrogens (tertiary/aromatic N) is 6. The average Bonchev–Trinajstić information content (AvgIpc) is 3.35. The van der Waals surface area contributed by atoms with Crippen LogP contribution in [0.5, 0.6) is 0 Å². The molecule has 10 nitrogen and oxygen atoms in total. The maximum atomic E-state index is 13.4. The number of hydrogen-bond acceptors (Lipinski definition) is 8. The predicted molar refractivity (Wildman–Crippen MR) is 117 cm³/mol. The highest BCUT2D eigenvalue weighted by Gasteiger charge is 2.29. The molecule has 2 aliphatic rings. The zero-order valence-electron chi connectivity index (χ0n) is 18.7. The molecular formula is C21H28F2N8O2. The minimum Gasteiger partial charge on any atom is -0.369 e. The number of alkyl halides is 2. The third kappa shape index (κ3) is 5.27. The van der Waals surface area contributed by atoms with Gasteiger partial charge < -0.3 is 15.5 Å². The van der Waals surface area contributed by atoms with Gasteiger partial charge in [-0.2, -0.15) is 10.1 Å². The quantitative estimate of drug-likeness (QED) is 0.432. The van der Waals surface area contributed by atoms with Crippen molar-refractivity contribution in [1.82, 2.24) is 29.5 Å². The number of likely N-dealkylation sites (N-methyl/N-ethyl adjacent to an activating group) is 1. The summed E-state index contributed by atoms with van der Waals surface area (Å²) in [6.07, 6.45) is 2.20. The molecule has 2 fully saturated rings. The number of halogens is 2. The maximum absolute atomic E-state index is 13.4. The van der Waals surface area contributed by atoms with Gasteiger partial charge in [0.1, 0.15) is 5.82 Å². The van der Waals surface area contributed by atoms with Crippen molar-refractivity contribution >= 4 is 29.3 Å². The van der Waals surface area contributed by atoms with Crippen LogP contribution in [0.4, 0.5) is 26.2 Å². The normalized spacial score (nSPS) is 18.6. The molecule has 178 valence electrons. The zero-order valence-corrected chi connectivity index (χ0v) is 18.7. The number of carbonyl (C=O) groups excluding carboxylic acids is 2. The molecule has 2 aliphatic heterocycles. The monoisotopic (exact) mass is 462 g/mol. The van der Waals surface area contributed by atoms with E-state index in [0.29, 0.717) is 25.1 Å². The first-order valence-electron chi connectivity index (χ1n) is 11.1. The Kier molecular flexibility index (Phi) is 6.82. The van der Waals surface area contributed by atoms with E-state index >= 15 is 0 Å². The summed E-state index contributed by atoms with van der Waals surface area (Å²) in [6.45, 7) is 4.51. The van der Waals surface area contributed by atoms with Crippen molar-refractivity contribution in [3.8, 4) is 0 Å². The van der Waals surface area contributed by atoms with E-state index in [1.54, 1.807) is 0 Å². The predicted octanol–water partition coefficient (Wildman–Crippen LogP) is 2.49. The Morgan fingerprint density at radius 3 is 2.79 bits per heavy atom. The largest absolute Gasteiger partial charge is 0.369 e. The molecule has 1 unspecified atom stereocenters. The van der Waals surface area contributed by atoms with Gasteiger partial charge >= 0.3 is 0 Å². The van der Waals surface area contributed by atoms with E-state index in [1.165, 1.54) is 4.90 Å². The van der Waals surface area contributed by atoms with Gasteiger partial charge in [0, 0.05) is 44.9 Å². The smallest absolute Gasteiger partial charge is 0.268 e. The number of rotatable bonds is 9. The Morgan fingerprint density at radius 2 is 2.15 bits per heavy atom. The lowest BCUT2D eigenvalue weighted by molar-refractivity contribution is -0.152. The number of nitrogens with one attached hydrogen (secondary N) is 2. The molecule has 0 radical (unpaired) electrons. The van der Waals surface area contributed by atoms with Crippen LogP contribution in [0.2, 0.25) is 0 Å². The minimum absolute atomic E-state index is 0.0115. The van der Waals surface area contributed by atoms with Crippen LogP contribution < -0.4 is 10.6 Å². The summed E-state index contributed by atoms with van der Waals surface area (Å²) in [5.74, 6) is -0.223. The number of amides is 2. The Bertz CT molecular complexity index is 1030. The molecule has 2 aromatic rings. The molecule has 0 aliphatic carbocycles. The van der Waals surface area contributed by atoms with Crippen LogP contribution in [0.15, 0.2) is 12.4 Å². The molecule has 2 saturated heterocycles. The van der Waals surface area contributed by atoms with Crippen LogP contribution in [-0.4, -0.2) is 74.6 Å². The second-order valence-electron chi connectivity index (χ2n) is 8.46. The molecule has 0 bridgehead atoms. The Labute approximate surface area is 190 Å². The first kappa shape index (κ1) is 23.0. The third-order valence-corrected chi connectivity index (χ3v) is 5.97. The number of imide groups is 1. The number of aryl methyl sites for hydroxylation is 1. The van der Waals surface area contributed by atoms with E-state index in [-0.39, 0.29) is 48.2 Å². The van der Waals surface area contributed by atoms with Crippen LogP contribution in [0.1, 0.15) is 49.4 Å². The lowest BCUT2D eigenvalue weighted by Gasteiger charge is -2.28. The summed E-state index contributed by atoms with van der Waals surface area (Å²) >= 11 is 0. The lowest BCUT2D eigenvalue weighted by atomic mass is 10.1. The highest BCUT2D eigenvalue weighted by molar-refractivity contribution is 5.99. The van der Waals surface area contributed by atoms with E-state index in [1.807, 2.05) is 17.8 Å². The Morgan fingerprint density at radius 1 is 1.33 bits per heavy atom. The summed E-state index contributed by atoms with van der Waals surface area (Å²) in [5.41, 5.74) is 1.16. The highest BCUT2D eigenvalue weighted by Crippen LogP contribution is 2.28. The number of likely N-dealkylation sites (tertiary alicyclic amines) is 2.